The Labute approximate surface area is 180 Å². The van der Waals surface area contributed by atoms with Crippen LogP contribution in [0.4, 0.5) is 13.2 Å². The summed E-state index contributed by atoms with van der Waals surface area (Å²) in [6, 6.07) is 17.1. The highest BCUT2D eigenvalue weighted by Crippen LogP contribution is 2.32. The van der Waals surface area contributed by atoms with Crippen molar-refractivity contribution in [2.75, 3.05) is 0 Å². The van der Waals surface area contributed by atoms with Gasteiger partial charge in [0.15, 0.2) is 0 Å². The average molecular weight is 464 g/mol. The molecule has 0 atom stereocenters. The molecular formula is C22H13ClF3NO3S. The highest BCUT2D eigenvalue weighted by molar-refractivity contribution is 7.90. The summed E-state index contributed by atoms with van der Waals surface area (Å²) in [7, 11) is -4.25. The van der Waals surface area contributed by atoms with E-state index in [-0.39, 0.29) is 26.7 Å². The number of rotatable bonds is 4. The van der Waals surface area contributed by atoms with Gasteiger partial charge in [0.05, 0.1) is 16.0 Å². The average Bonchev–Trinajstić information content (AvgIpc) is 3.12. The van der Waals surface area contributed by atoms with Crippen LogP contribution in [-0.4, -0.2) is 18.2 Å². The van der Waals surface area contributed by atoms with Gasteiger partial charge in [-0.25, -0.2) is 12.4 Å². The standard InChI is InChI=1S/C22H13ClF3NO3S/c23-17-10-9-14-12-20(21(28)15-5-4-6-16(11-15)22(24,25)26)27(19(14)13-17)31(29,30)18-7-2-1-3-8-18/h1-13H. The van der Waals surface area contributed by atoms with Crippen molar-refractivity contribution >= 4 is 38.3 Å². The van der Waals surface area contributed by atoms with Crippen molar-refractivity contribution in [1.29, 1.82) is 0 Å². The maximum Gasteiger partial charge on any atom is 0.416 e. The second-order valence-corrected chi connectivity index (χ2v) is 8.95. The van der Waals surface area contributed by atoms with Crippen LogP contribution in [0, 0.1) is 0 Å². The molecule has 0 amide bonds. The molecule has 0 N–H and O–H groups in total. The van der Waals surface area contributed by atoms with Gasteiger partial charge < -0.3 is 0 Å². The number of nitrogens with zero attached hydrogens (tertiary/aromatic N) is 1. The molecule has 0 saturated carbocycles. The van der Waals surface area contributed by atoms with Gasteiger partial charge in [-0.2, -0.15) is 13.2 Å². The normalized spacial score (nSPS) is 12.3. The molecule has 0 aliphatic heterocycles. The van der Waals surface area contributed by atoms with Crippen LogP contribution in [0.2, 0.25) is 5.02 Å². The molecule has 0 spiro atoms. The van der Waals surface area contributed by atoms with Gasteiger partial charge in [-0.05, 0) is 42.5 Å². The van der Waals surface area contributed by atoms with Crippen molar-refractivity contribution in [3.8, 4) is 0 Å². The fourth-order valence-electron chi connectivity index (χ4n) is 3.25. The lowest BCUT2D eigenvalue weighted by molar-refractivity contribution is -0.137. The molecule has 0 aliphatic rings. The Morgan fingerprint density at radius 3 is 2.26 bits per heavy atom. The van der Waals surface area contributed by atoms with Gasteiger partial charge in [0, 0.05) is 16.0 Å². The van der Waals surface area contributed by atoms with Gasteiger partial charge in [0.25, 0.3) is 10.0 Å². The smallest absolute Gasteiger partial charge is 0.287 e. The second-order valence-electron chi connectivity index (χ2n) is 6.72. The quantitative estimate of drug-likeness (QED) is 0.360. The first-order valence-corrected chi connectivity index (χ1v) is 10.7. The molecule has 0 aliphatic carbocycles. The van der Waals surface area contributed by atoms with Crippen LogP contribution in [-0.2, 0) is 16.2 Å². The zero-order valence-electron chi connectivity index (χ0n) is 15.6. The van der Waals surface area contributed by atoms with Crippen molar-refractivity contribution in [1.82, 2.24) is 3.97 Å². The monoisotopic (exact) mass is 463 g/mol. The van der Waals surface area contributed by atoms with Crippen molar-refractivity contribution in [3.05, 3.63) is 101 Å². The predicted molar refractivity (Wildman–Crippen MR) is 111 cm³/mol. The van der Waals surface area contributed by atoms with Crippen molar-refractivity contribution in [2.45, 2.75) is 11.1 Å². The molecule has 9 heteroatoms. The molecule has 0 saturated heterocycles. The minimum absolute atomic E-state index is 0.0782. The summed E-state index contributed by atoms with van der Waals surface area (Å²) < 4.78 is 66.9. The van der Waals surface area contributed by atoms with Crippen LogP contribution in [0.1, 0.15) is 21.6 Å². The van der Waals surface area contributed by atoms with Gasteiger partial charge in [-0.3, -0.25) is 4.79 Å². The van der Waals surface area contributed by atoms with Crippen LogP contribution in [0.25, 0.3) is 10.9 Å². The van der Waals surface area contributed by atoms with Crippen LogP contribution >= 0.6 is 11.6 Å². The van der Waals surface area contributed by atoms with Crippen molar-refractivity contribution in [2.24, 2.45) is 0 Å². The number of fused-ring (bicyclic) bond motifs is 1. The van der Waals surface area contributed by atoms with E-state index >= 15 is 0 Å². The van der Waals surface area contributed by atoms with Gasteiger partial charge in [0.1, 0.15) is 5.69 Å². The maximum absolute atomic E-state index is 13.4. The van der Waals surface area contributed by atoms with E-state index in [1.807, 2.05) is 0 Å². The summed E-state index contributed by atoms with van der Waals surface area (Å²) in [6.45, 7) is 0. The van der Waals surface area contributed by atoms with E-state index in [1.165, 1.54) is 54.6 Å². The number of hydrogen-bond donors (Lipinski definition) is 0. The maximum atomic E-state index is 13.4. The van der Waals surface area contributed by atoms with Gasteiger partial charge >= 0.3 is 6.18 Å². The second kappa shape index (κ2) is 7.55. The zero-order valence-corrected chi connectivity index (χ0v) is 17.2. The summed E-state index contributed by atoms with van der Waals surface area (Å²) in [5, 5.41) is 0.646. The molecule has 4 aromatic rings. The molecule has 1 heterocycles. The lowest BCUT2D eigenvalue weighted by atomic mass is 10.0. The van der Waals surface area contributed by atoms with E-state index < -0.39 is 27.5 Å². The largest absolute Gasteiger partial charge is 0.416 e. The lowest BCUT2D eigenvalue weighted by Crippen LogP contribution is -2.19. The van der Waals surface area contributed by atoms with E-state index in [2.05, 4.69) is 0 Å². The third-order valence-corrected chi connectivity index (χ3v) is 6.67. The number of hydrogen-bond acceptors (Lipinski definition) is 3. The van der Waals surface area contributed by atoms with Crippen molar-refractivity contribution < 1.29 is 26.4 Å². The topological polar surface area (TPSA) is 56.1 Å². The van der Waals surface area contributed by atoms with Crippen LogP contribution in [0.3, 0.4) is 0 Å². The SMILES string of the molecule is O=C(c1cccc(C(F)(F)F)c1)c1cc2ccc(Cl)cc2n1S(=O)(=O)c1ccccc1. The molecule has 3 aromatic carbocycles. The molecule has 1 aromatic heterocycles. The highest BCUT2D eigenvalue weighted by atomic mass is 35.5. The first-order chi connectivity index (χ1) is 14.6. The number of aromatic nitrogens is 1. The highest BCUT2D eigenvalue weighted by Gasteiger charge is 2.32. The molecule has 0 bridgehead atoms. The van der Waals surface area contributed by atoms with E-state index in [0.717, 1.165) is 16.1 Å². The van der Waals surface area contributed by atoms with Gasteiger partial charge in [0.2, 0.25) is 5.78 Å². The third kappa shape index (κ3) is 3.84. The molecule has 4 nitrogen and oxygen atoms in total. The van der Waals surface area contributed by atoms with Crippen LogP contribution in [0.15, 0.2) is 83.8 Å². The molecule has 0 fully saturated rings. The van der Waals surface area contributed by atoms with Crippen LogP contribution < -0.4 is 0 Å². The van der Waals surface area contributed by atoms with Crippen molar-refractivity contribution in [3.63, 3.8) is 0 Å². The third-order valence-electron chi connectivity index (χ3n) is 4.69. The molecular weight excluding hydrogens is 451 g/mol. The number of ketones is 1. The number of benzene rings is 3. The van der Waals surface area contributed by atoms with E-state index in [1.54, 1.807) is 6.07 Å². The fraction of sp³-hybridized carbons (Fsp3) is 0.0455. The number of carbonyl (C=O) groups is 1. The number of carbonyl (C=O) groups excluding carboxylic acids is 1. The fourth-order valence-corrected chi connectivity index (χ4v) is 4.94. The van der Waals surface area contributed by atoms with Gasteiger partial charge in [-0.1, -0.05) is 48.0 Å². The predicted octanol–water partition coefficient (Wildman–Crippen LogP) is 5.78. The Morgan fingerprint density at radius 2 is 1.58 bits per heavy atom. The summed E-state index contributed by atoms with van der Waals surface area (Å²) in [5.41, 5.74) is -1.43. The van der Waals surface area contributed by atoms with E-state index in [0.29, 0.717) is 11.5 Å². The molecule has 4 rings (SSSR count). The summed E-state index contributed by atoms with van der Waals surface area (Å²) in [5.74, 6) is -0.863. The molecule has 0 unspecified atom stereocenters. The zero-order chi connectivity index (χ0) is 22.4. The first kappa shape index (κ1) is 21.1. The Bertz CT molecular complexity index is 1410. The van der Waals surface area contributed by atoms with E-state index in [9.17, 15) is 26.4 Å². The summed E-state index contributed by atoms with van der Waals surface area (Å²) in [6.07, 6.45) is -4.65. The van der Waals surface area contributed by atoms with E-state index in [4.69, 9.17) is 11.6 Å². The minimum Gasteiger partial charge on any atom is -0.287 e. The van der Waals surface area contributed by atoms with Crippen LogP contribution in [0.5, 0.6) is 0 Å². The summed E-state index contributed by atoms with van der Waals surface area (Å²) >= 11 is 6.05. The Balaban J connectivity index is 1.98. The molecule has 31 heavy (non-hydrogen) atoms. The Kier molecular flexibility index (Phi) is 5.15. The Morgan fingerprint density at radius 1 is 0.871 bits per heavy atom. The number of alkyl halides is 3. The summed E-state index contributed by atoms with van der Waals surface area (Å²) in [4.78, 5) is 13.1. The minimum atomic E-state index is -4.65. The Hall–Kier alpha value is -3.10. The molecule has 158 valence electrons. The van der Waals surface area contributed by atoms with Gasteiger partial charge in [-0.15, -0.1) is 0 Å². The number of halogens is 4. The molecule has 0 radical (unpaired) electrons. The first-order valence-electron chi connectivity index (χ1n) is 8.92. The lowest BCUT2D eigenvalue weighted by Gasteiger charge is -2.12.